The van der Waals surface area contributed by atoms with Crippen LogP contribution in [-0.4, -0.2) is 46.6 Å². The van der Waals surface area contributed by atoms with Gasteiger partial charge in [0.15, 0.2) is 16.8 Å². The molecule has 0 spiro atoms. The minimum Gasteiger partial charge on any atom is -0.434 e. The molecule has 6 nitrogen and oxygen atoms in total. The number of Topliss-reactive ketones (excluding diaryl/α,β-unsaturated/α-hetero) is 1. The average Bonchev–Trinajstić information content (AvgIpc) is 3.16. The summed E-state index contributed by atoms with van der Waals surface area (Å²) in [4.78, 5) is 12.8. The first-order chi connectivity index (χ1) is 15.4. The molecule has 0 aliphatic rings. The highest BCUT2D eigenvalue weighted by Crippen LogP contribution is 2.30. The second kappa shape index (κ2) is 11.4. The van der Waals surface area contributed by atoms with E-state index < -0.39 is 6.61 Å². The smallest absolute Gasteiger partial charge is 0.387 e. The number of hydrogen-bond acceptors (Lipinski definition) is 6. The quantitative estimate of drug-likeness (QED) is 0.204. The molecule has 3 aromatic rings. The Balaban J connectivity index is 1.84. The van der Waals surface area contributed by atoms with Crippen LogP contribution in [0.3, 0.4) is 0 Å². The Hall–Kier alpha value is -2.49. The van der Waals surface area contributed by atoms with Crippen LogP contribution >= 0.6 is 23.4 Å². The zero-order valence-corrected chi connectivity index (χ0v) is 19.1. The van der Waals surface area contributed by atoms with Crippen molar-refractivity contribution in [1.82, 2.24) is 14.8 Å². The number of benzene rings is 2. The maximum atomic E-state index is 12.8. The summed E-state index contributed by atoms with van der Waals surface area (Å²) in [5.41, 5.74) is 1.60. The van der Waals surface area contributed by atoms with E-state index in [1.54, 1.807) is 32.2 Å². The van der Waals surface area contributed by atoms with Crippen LogP contribution in [0.4, 0.5) is 8.78 Å². The number of carbonyl (C=O) groups is 1. The number of halogens is 3. The van der Waals surface area contributed by atoms with E-state index in [-0.39, 0.29) is 22.8 Å². The van der Waals surface area contributed by atoms with E-state index in [1.807, 2.05) is 22.8 Å². The molecule has 0 atom stereocenters. The van der Waals surface area contributed by atoms with Gasteiger partial charge in [-0.1, -0.05) is 47.1 Å². The average molecular weight is 482 g/mol. The zero-order valence-electron chi connectivity index (χ0n) is 17.6. The van der Waals surface area contributed by atoms with Gasteiger partial charge in [-0.2, -0.15) is 8.78 Å². The van der Waals surface area contributed by atoms with Gasteiger partial charge in [0.25, 0.3) is 0 Å². The Labute approximate surface area is 193 Å². The lowest BCUT2D eigenvalue weighted by Gasteiger charge is -2.12. The Morgan fingerprint density at radius 3 is 2.72 bits per heavy atom. The fourth-order valence-corrected chi connectivity index (χ4v) is 4.14. The molecule has 0 saturated heterocycles. The van der Waals surface area contributed by atoms with Gasteiger partial charge in [0.2, 0.25) is 0 Å². The van der Waals surface area contributed by atoms with Gasteiger partial charge in [0.05, 0.1) is 16.3 Å². The SMILES string of the molecule is COCCCn1c(SCC(=O)c2cc(C)ccc2OC(F)F)nnc1-c1ccccc1Cl. The molecule has 32 heavy (non-hydrogen) atoms. The van der Waals surface area contributed by atoms with E-state index in [0.717, 1.165) is 11.1 Å². The fraction of sp³-hybridized carbons (Fsp3) is 0.318. The van der Waals surface area contributed by atoms with Crippen molar-refractivity contribution in [2.45, 2.75) is 31.7 Å². The molecule has 2 aromatic carbocycles. The van der Waals surface area contributed by atoms with Gasteiger partial charge < -0.3 is 14.0 Å². The van der Waals surface area contributed by atoms with Crippen LogP contribution in [-0.2, 0) is 11.3 Å². The normalized spacial score (nSPS) is 11.2. The molecule has 0 amide bonds. The maximum absolute atomic E-state index is 12.8. The molecule has 1 aromatic heterocycles. The molecule has 170 valence electrons. The van der Waals surface area contributed by atoms with E-state index in [1.165, 1.54) is 17.8 Å². The van der Waals surface area contributed by atoms with Gasteiger partial charge in [-0.05, 0) is 37.6 Å². The Kier molecular flexibility index (Phi) is 8.60. The number of aromatic nitrogens is 3. The van der Waals surface area contributed by atoms with E-state index in [2.05, 4.69) is 14.9 Å². The molecule has 0 radical (unpaired) electrons. The number of aryl methyl sites for hydroxylation is 1. The second-order valence-electron chi connectivity index (χ2n) is 6.87. The molecule has 10 heteroatoms. The third kappa shape index (κ3) is 6.05. The van der Waals surface area contributed by atoms with E-state index in [9.17, 15) is 13.6 Å². The van der Waals surface area contributed by atoms with Crippen molar-refractivity contribution in [2.75, 3.05) is 19.5 Å². The highest BCUT2D eigenvalue weighted by Gasteiger charge is 2.20. The molecule has 1 heterocycles. The molecule has 0 aliphatic carbocycles. The molecule has 0 fully saturated rings. The predicted molar refractivity (Wildman–Crippen MR) is 120 cm³/mol. The van der Waals surface area contributed by atoms with Gasteiger partial charge in [0.1, 0.15) is 5.75 Å². The van der Waals surface area contributed by atoms with Gasteiger partial charge in [-0.3, -0.25) is 4.79 Å². The number of carbonyl (C=O) groups excluding carboxylic acids is 1. The number of rotatable bonds is 11. The molecule has 0 saturated carbocycles. The molecular formula is C22H22ClF2N3O3S. The monoisotopic (exact) mass is 481 g/mol. The van der Waals surface area contributed by atoms with Crippen LogP contribution in [0.1, 0.15) is 22.3 Å². The summed E-state index contributed by atoms with van der Waals surface area (Å²) in [6, 6.07) is 11.8. The van der Waals surface area contributed by atoms with Crippen LogP contribution in [0.5, 0.6) is 5.75 Å². The Bertz CT molecular complexity index is 1080. The number of ether oxygens (including phenoxy) is 2. The Morgan fingerprint density at radius 2 is 2.00 bits per heavy atom. The van der Waals surface area contributed by atoms with Crippen molar-refractivity contribution in [3.63, 3.8) is 0 Å². The summed E-state index contributed by atoms with van der Waals surface area (Å²) in [5, 5.41) is 9.58. The van der Waals surface area contributed by atoms with Crippen molar-refractivity contribution >= 4 is 29.1 Å². The topological polar surface area (TPSA) is 66.2 Å². The lowest BCUT2D eigenvalue weighted by atomic mass is 10.1. The van der Waals surface area contributed by atoms with Gasteiger partial charge in [-0.25, -0.2) is 0 Å². The van der Waals surface area contributed by atoms with Crippen molar-refractivity contribution in [1.29, 1.82) is 0 Å². The minimum atomic E-state index is -3.01. The summed E-state index contributed by atoms with van der Waals surface area (Å²) >= 11 is 7.52. The van der Waals surface area contributed by atoms with Crippen molar-refractivity contribution in [3.05, 3.63) is 58.6 Å². The highest BCUT2D eigenvalue weighted by atomic mass is 35.5. The second-order valence-corrected chi connectivity index (χ2v) is 8.22. The number of nitrogens with zero attached hydrogens (tertiary/aromatic N) is 3. The standard InChI is InChI=1S/C22H22ClF2N3O3S/c1-14-8-9-19(31-21(24)25)16(12-14)18(29)13-32-22-27-26-20(28(22)10-5-11-30-2)15-6-3-4-7-17(15)23/h3-4,6-9,12,21H,5,10-11,13H2,1-2H3. The van der Waals surface area contributed by atoms with Gasteiger partial charge in [0, 0.05) is 25.8 Å². The maximum Gasteiger partial charge on any atom is 0.387 e. The molecular weight excluding hydrogens is 460 g/mol. The molecule has 0 aliphatic heterocycles. The summed E-state index contributed by atoms with van der Waals surface area (Å²) < 4.78 is 37.0. The number of alkyl halides is 2. The first-order valence-electron chi connectivity index (χ1n) is 9.79. The first-order valence-corrected chi connectivity index (χ1v) is 11.2. The zero-order chi connectivity index (χ0) is 23.1. The summed E-state index contributed by atoms with van der Waals surface area (Å²) in [7, 11) is 1.62. The number of hydrogen-bond donors (Lipinski definition) is 0. The van der Waals surface area contributed by atoms with Gasteiger partial charge in [-0.15, -0.1) is 10.2 Å². The summed E-state index contributed by atoms with van der Waals surface area (Å²) in [5.74, 6) is 0.0714. The first kappa shape index (κ1) is 24.2. The number of thioether (sulfide) groups is 1. The van der Waals surface area contributed by atoms with E-state index in [4.69, 9.17) is 16.3 Å². The van der Waals surface area contributed by atoms with Crippen molar-refractivity contribution in [2.24, 2.45) is 0 Å². The molecule has 0 N–H and O–H groups in total. The number of ketones is 1. The lowest BCUT2D eigenvalue weighted by Crippen LogP contribution is -2.11. The summed E-state index contributed by atoms with van der Waals surface area (Å²) in [6.45, 7) is -0.139. The number of methoxy groups -OCH3 is 1. The Morgan fingerprint density at radius 1 is 1.22 bits per heavy atom. The van der Waals surface area contributed by atoms with Crippen molar-refractivity contribution < 1.29 is 23.0 Å². The van der Waals surface area contributed by atoms with Crippen LogP contribution in [0.25, 0.3) is 11.4 Å². The lowest BCUT2D eigenvalue weighted by molar-refractivity contribution is -0.0501. The largest absolute Gasteiger partial charge is 0.434 e. The third-order valence-corrected chi connectivity index (χ3v) is 5.84. The third-order valence-electron chi connectivity index (χ3n) is 4.55. The molecule has 0 unspecified atom stereocenters. The summed E-state index contributed by atoms with van der Waals surface area (Å²) in [6.07, 6.45) is 0.706. The molecule has 0 bridgehead atoms. The van der Waals surface area contributed by atoms with Gasteiger partial charge >= 0.3 is 6.61 Å². The highest BCUT2D eigenvalue weighted by molar-refractivity contribution is 7.99. The van der Waals surface area contributed by atoms with E-state index >= 15 is 0 Å². The van der Waals surface area contributed by atoms with Crippen molar-refractivity contribution in [3.8, 4) is 17.1 Å². The molecule has 3 rings (SSSR count). The minimum absolute atomic E-state index is 0.0199. The predicted octanol–water partition coefficient (Wildman–Crippen LogP) is 5.52. The van der Waals surface area contributed by atoms with E-state index in [0.29, 0.717) is 35.6 Å². The van der Waals surface area contributed by atoms with Crippen LogP contribution in [0.15, 0.2) is 47.6 Å². The fourth-order valence-electron chi connectivity index (χ4n) is 3.07. The van der Waals surface area contributed by atoms with Crippen LogP contribution in [0, 0.1) is 6.92 Å². The van der Waals surface area contributed by atoms with Crippen LogP contribution in [0.2, 0.25) is 5.02 Å². The van der Waals surface area contributed by atoms with Crippen LogP contribution < -0.4 is 4.74 Å².